The van der Waals surface area contributed by atoms with Crippen molar-refractivity contribution < 1.29 is 9.53 Å². The summed E-state index contributed by atoms with van der Waals surface area (Å²) in [5.74, 6) is 0. The third-order valence-corrected chi connectivity index (χ3v) is 0.978. The molecule has 0 heterocycles. The van der Waals surface area contributed by atoms with Gasteiger partial charge in [-0.3, -0.25) is 0 Å². The van der Waals surface area contributed by atoms with Crippen LogP contribution in [0, 0.1) is 11.3 Å². The second-order valence-corrected chi connectivity index (χ2v) is 1.80. The SMILES string of the molecule is C=CCC(C#N)OC(=O)NC. The number of hydrogen-bond acceptors (Lipinski definition) is 3. The average molecular weight is 154 g/mol. The summed E-state index contributed by atoms with van der Waals surface area (Å²) in [6, 6.07) is 1.81. The normalized spacial score (nSPS) is 10.9. The first kappa shape index (κ1) is 9.50. The number of hydrogen-bond donors (Lipinski definition) is 1. The summed E-state index contributed by atoms with van der Waals surface area (Å²) in [5, 5.41) is 10.6. The predicted octanol–water partition coefficient (Wildman–Crippen LogP) is 0.811. The van der Waals surface area contributed by atoms with Crippen LogP contribution in [0.15, 0.2) is 12.7 Å². The topological polar surface area (TPSA) is 62.1 Å². The Morgan fingerprint density at radius 1 is 2.00 bits per heavy atom. The standard InChI is InChI=1S/C7H10N2O2/c1-3-4-6(5-8)11-7(10)9-2/h3,6H,1,4H2,2H3,(H,9,10). The van der Waals surface area contributed by atoms with Crippen LogP contribution in [0.3, 0.4) is 0 Å². The number of nitrogens with zero attached hydrogens (tertiary/aromatic N) is 1. The lowest BCUT2D eigenvalue weighted by Gasteiger charge is -2.06. The first-order valence-electron chi connectivity index (χ1n) is 3.13. The zero-order valence-electron chi connectivity index (χ0n) is 6.33. The van der Waals surface area contributed by atoms with Crippen molar-refractivity contribution in [3.05, 3.63) is 12.7 Å². The second kappa shape index (κ2) is 5.30. The van der Waals surface area contributed by atoms with E-state index < -0.39 is 12.2 Å². The van der Waals surface area contributed by atoms with E-state index in [-0.39, 0.29) is 0 Å². The van der Waals surface area contributed by atoms with Crippen molar-refractivity contribution in [1.82, 2.24) is 5.32 Å². The van der Waals surface area contributed by atoms with Crippen molar-refractivity contribution in [2.75, 3.05) is 7.05 Å². The Balaban J connectivity index is 3.79. The van der Waals surface area contributed by atoms with Gasteiger partial charge in [0, 0.05) is 13.5 Å². The smallest absolute Gasteiger partial charge is 0.408 e. The van der Waals surface area contributed by atoms with Crippen LogP contribution >= 0.6 is 0 Å². The number of ether oxygens (including phenoxy) is 1. The minimum absolute atomic E-state index is 0.351. The number of rotatable bonds is 3. The van der Waals surface area contributed by atoms with Gasteiger partial charge < -0.3 is 10.1 Å². The molecule has 0 bridgehead atoms. The van der Waals surface area contributed by atoms with Crippen LogP contribution in [0.2, 0.25) is 0 Å². The largest absolute Gasteiger partial charge is 0.430 e. The minimum Gasteiger partial charge on any atom is -0.430 e. The van der Waals surface area contributed by atoms with E-state index >= 15 is 0 Å². The minimum atomic E-state index is -0.729. The summed E-state index contributed by atoms with van der Waals surface area (Å²) >= 11 is 0. The predicted molar refractivity (Wildman–Crippen MR) is 39.8 cm³/mol. The van der Waals surface area contributed by atoms with Gasteiger partial charge in [-0.15, -0.1) is 6.58 Å². The molecule has 11 heavy (non-hydrogen) atoms. The van der Waals surface area contributed by atoms with Gasteiger partial charge in [0.2, 0.25) is 0 Å². The van der Waals surface area contributed by atoms with Crippen molar-refractivity contribution in [2.45, 2.75) is 12.5 Å². The monoisotopic (exact) mass is 154 g/mol. The summed E-state index contributed by atoms with van der Waals surface area (Å²) in [4.78, 5) is 10.5. The molecule has 1 N–H and O–H groups in total. The van der Waals surface area contributed by atoms with E-state index in [1.165, 1.54) is 13.1 Å². The average Bonchev–Trinajstić information content (AvgIpc) is 2.03. The first-order valence-corrected chi connectivity index (χ1v) is 3.13. The van der Waals surface area contributed by atoms with E-state index in [1.54, 1.807) is 0 Å². The highest BCUT2D eigenvalue weighted by Gasteiger charge is 2.09. The third kappa shape index (κ3) is 3.98. The molecule has 0 fully saturated rings. The number of carbonyl (C=O) groups excluding carboxylic acids is 1. The summed E-state index contributed by atoms with van der Waals surface area (Å²) in [6.45, 7) is 3.42. The number of nitriles is 1. The molecule has 0 aromatic rings. The van der Waals surface area contributed by atoms with Gasteiger partial charge in [-0.2, -0.15) is 5.26 Å². The fourth-order valence-corrected chi connectivity index (χ4v) is 0.467. The molecular weight excluding hydrogens is 144 g/mol. The Hall–Kier alpha value is -1.50. The zero-order valence-corrected chi connectivity index (χ0v) is 6.33. The van der Waals surface area contributed by atoms with Crippen molar-refractivity contribution in [1.29, 1.82) is 5.26 Å². The summed E-state index contributed by atoms with van der Waals surface area (Å²) < 4.78 is 4.61. The Morgan fingerprint density at radius 3 is 3.00 bits per heavy atom. The lowest BCUT2D eigenvalue weighted by molar-refractivity contribution is 0.126. The van der Waals surface area contributed by atoms with E-state index in [0.29, 0.717) is 6.42 Å². The molecule has 0 radical (unpaired) electrons. The summed E-state index contributed by atoms with van der Waals surface area (Å²) in [5.41, 5.74) is 0. The fraction of sp³-hybridized carbons (Fsp3) is 0.429. The fourth-order valence-electron chi connectivity index (χ4n) is 0.467. The maximum absolute atomic E-state index is 10.5. The first-order chi connectivity index (χ1) is 5.24. The lowest BCUT2D eigenvalue weighted by Crippen LogP contribution is -2.24. The van der Waals surface area contributed by atoms with E-state index in [2.05, 4.69) is 16.6 Å². The molecule has 0 aliphatic rings. The maximum atomic E-state index is 10.5. The molecule has 0 aromatic carbocycles. The lowest BCUT2D eigenvalue weighted by atomic mass is 10.3. The van der Waals surface area contributed by atoms with Crippen LogP contribution in [0.1, 0.15) is 6.42 Å². The number of carbonyl (C=O) groups is 1. The van der Waals surface area contributed by atoms with Crippen molar-refractivity contribution >= 4 is 6.09 Å². The van der Waals surface area contributed by atoms with Crippen LogP contribution in [-0.4, -0.2) is 19.2 Å². The molecule has 0 spiro atoms. The number of nitrogens with one attached hydrogen (secondary N) is 1. The van der Waals surface area contributed by atoms with Gasteiger partial charge >= 0.3 is 6.09 Å². The number of amides is 1. The van der Waals surface area contributed by atoms with Crippen LogP contribution < -0.4 is 5.32 Å². The molecule has 1 unspecified atom stereocenters. The van der Waals surface area contributed by atoms with E-state index in [9.17, 15) is 4.79 Å². The highest BCUT2D eigenvalue weighted by atomic mass is 16.6. The van der Waals surface area contributed by atoms with Crippen LogP contribution in [0.5, 0.6) is 0 Å². The van der Waals surface area contributed by atoms with Gasteiger partial charge in [-0.1, -0.05) is 6.08 Å². The van der Waals surface area contributed by atoms with E-state index in [1.807, 2.05) is 6.07 Å². The number of alkyl carbamates (subject to hydrolysis) is 1. The summed E-state index contributed by atoms with van der Waals surface area (Å²) in [6.07, 6.45) is 0.548. The van der Waals surface area contributed by atoms with E-state index in [4.69, 9.17) is 5.26 Å². The molecule has 4 nitrogen and oxygen atoms in total. The Morgan fingerprint density at radius 2 is 2.64 bits per heavy atom. The molecule has 0 rings (SSSR count). The van der Waals surface area contributed by atoms with Crippen molar-refractivity contribution in [3.63, 3.8) is 0 Å². The van der Waals surface area contributed by atoms with Gasteiger partial charge in [0.15, 0.2) is 6.10 Å². The molecule has 0 aromatic heterocycles. The highest BCUT2D eigenvalue weighted by Crippen LogP contribution is 1.97. The molecule has 0 saturated carbocycles. The van der Waals surface area contributed by atoms with Crippen molar-refractivity contribution in [3.8, 4) is 6.07 Å². The quantitative estimate of drug-likeness (QED) is 0.612. The van der Waals surface area contributed by atoms with Crippen LogP contribution in [0.4, 0.5) is 4.79 Å². The van der Waals surface area contributed by atoms with Gasteiger partial charge in [0.05, 0.1) is 0 Å². The second-order valence-electron chi connectivity index (χ2n) is 1.80. The third-order valence-electron chi connectivity index (χ3n) is 0.978. The molecule has 4 heteroatoms. The molecule has 1 atom stereocenters. The Labute approximate surface area is 65.5 Å². The Kier molecular flexibility index (Phi) is 4.58. The maximum Gasteiger partial charge on any atom is 0.408 e. The summed E-state index contributed by atoms with van der Waals surface area (Å²) in [7, 11) is 1.44. The molecule has 1 amide bonds. The van der Waals surface area contributed by atoms with Crippen molar-refractivity contribution in [2.24, 2.45) is 0 Å². The molecular formula is C7H10N2O2. The molecule has 0 aliphatic heterocycles. The molecule has 60 valence electrons. The van der Waals surface area contributed by atoms with Gasteiger partial charge in [0.25, 0.3) is 0 Å². The Bertz CT molecular complexity index is 183. The van der Waals surface area contributed by atoms with Crippen LogP contribution in [0.25, 0.3) is 0 Å². The van der Waals surface area contributed by atoms with E-state index in [0.717, 1.165) is 0 Å². The van der Waals surface area contributed by atoms with Crippen LogP contribution in [-0.2, 0) is 4.74 Å². The van der Waals surface area contributed by atoms with Gasteiger partial charge in [-0.25, -0.2) is 4.79 Å². The molecule has 0 aliphatic carbocycles. The van der Waals surface area contributed by atoms with Gasteiger partial charge in [0.1, 0.15) is 6.07 Å². The zero-order chi connectivity index (χ0) is 8.69. The van der Waals surface area contributed by atoms with Gasteiger partial charge in [-0.05, 0) is 0 Å². The molecule has 0 saturated heterocycles. The highest BCUT2D eigenvalue weighted by molar-refractivity contribution is 5.67.